The van der Waals surface area contributed by atoms with Crippen molar-refractivity contribution in [1.29, 1.82) is 0 Å². The zero-order valence-electron chi connectivity index (χ0n) is 13.1. The monoisotopic (exact) mass is 352 g/mol. The van der Waals surface area contributed by atoms with Crippen LogP contribution >= 0.6 is 11.6 Å². The van der Waals surface area contributed by atoms with Gasteiger partial charge in [0, 0.05) is 18.6 Å². The van der Waals surface area contributed by atoms with Gasteiger partial charge in [0.1, 0.15) is 12.3 Å². The molecule has 128 valence electrons. The third kappa shape index (κ3) is 5.24. The molecule has 1 aromatic carbocycles. The minimum absolute atomic E-state index is 0.0607. The van der Waals surface area contributed by atoms with Crippen LogP contribution in [0.4, 0.5) is 0 Å². The highest BCUT2D eigenvalue weighted by Gasteiger charge is 2.13. The fraction of sp³-hybridized carbons (Fsp3) is 0.333. The molecule has 9 heteroatoms. The molecule has 1 aromatic heterocycles. The quantitative estimate of drug-likeness (QED) is 0.724. The highest BCUT2D eigenvalue weighted by atomic mass is 35.5. The Morgan fingerprint density at radius 3 is 2.67 bits per heavy atom. The zero-order chi connectivity index (χ0) is 17.5. The first-order valence-corrected chi connectivity index (χ1v) is 7.59. The first-order chi connectivity index (χ1) is 11.5. The van der Waals surface area contributed by atoms with Crippen LogP contribution in [0.3, 0.4) is 0 Å². The fourth-order valence-corrected chi connectivity index (χ4v) is 2.01. The van der Waals surface area contributed by atoms with Crippen molar-refractivity contribution in [2.75, 3.05) is 20.2 Å². The van der Waals surface area contributed by atoms with Crippen molar-refractivity contribution in [1.82, 2.24) is 19.9 Å². The van der Waals surface area contributed by atoms with E-state index in [4.69, 9.17) is 21.4 Å². The predicted octanol–water partition coefficient (Wildman–Crippen LogP) is 1.56. The number of aromatic carboxylic acids is 1. The lowest BCUT2D eigenvalue weighted by atomic mass is 10.3. The van der Waals surface area contributed by atoms with Crippen LogP contribution in [0.15, 0.2) is 30.5 Å². The molecule has 24 heavy (non-hydrogen) atoms. The molecule has 0 saturated carbocycles. The molecular formula is C15H17ClN4O4. The summed E-state index contributed by atoms with van der Waals surface area (Å²) in [5, 5.41) is 16.5. The molecule has 0 bridgehead atoms. The lowest BCUT2D eigenvalue weighted by molar-refractivity contribution is -0.130. The van der Waals surface area contributed by atoms with E-state index in [1.807, 2.05) is 0 Å². The van der Waals surface area contributed by atoms with Gasteiger partial charge < -0.3 is 14.7 Å². The Labute approximate surface area is 143 Å². The molecule has 0 fully saturated rings. The molecule has 0 aliphatic carbocycles. The molecule has 8 nitrogen and oxygen atoms in total. The van der Waals surface area contributed by atoms with Crippen molar-refractivity contribution in [3.8, 4) is 5.75 Å². The third-order valence-corrected chi connectivity index (χ3v) is 3.45. The highest BCUT2D eigenvalue weighted by molar-refractivity contribution is 6.30. The lowest BCUT2D eigenvalue weighted by Crippen LogP contribution is -2.32. The predicted molar refractivity (Wildman–Crippen MR) is 86.2 cm³/mol. The van der Waals surface area contributed by atoms with Gasteiger partial charge in [-0.15, -0.1) is 5.10 Å². The number of aromatic nitrogens is 3. The van der Waals surface area contributed by atoms with Crippen LogP contribution in [0.25, 0.3) is 0 Å². The number of halogens is 1. The number of carbonyl (C=O) groups excluding carboxylic acids is 1. The standard InChI is InChI=1S/C15H17ClN4O4/c1-19(7-2-8-24-12-5-3-11(16)4-6-12)14(21)10-20-9-13(15(22)23)17-18-20/h3-6,9H,2,7-8,10H2,1H3,(H,22,23). The Morgan fingerprint density at radius 2 is 2.04 bits per heavy atom. The largest absolute Gasteiger partial charge is 0.494 e. The molecule has 1 heterocycles. The smallest absolute Gasteiger partial charge is 0.358 e. The number of carboxylic acids is 1. The minimum Gasteiger partial charge on any atom is -0.494 e. The minimum atomic E-state index is -1.18. The molecule has 2 rings (SSSR count). The van der Waals surface area contributed by atoms with E-state index in [1.54, 1.807) is 31.3 Å². The average Bonchev–Trinajstić information content (AvgIpc) is 3.01. The van der Waals surface area contributed by atoms with Gasteiger partial charge in [-0.25, -0.2) is 9.48 Å². The van der Waals surface area contributed by atoms with Gasteiger partial charge in [-0.3, -0.25) is 4.79 Å². The van der Waals surface area contributed by atoms with Crippen molar-refractivity contribution in [2.45, 2.75) is 13.0 Å². The van der Waals surface area contributed by atoms with Gasteiger partial charge in [0.05, 0.1) is 12.8 Å². The topological polar surface area (TPSA) is 97.5 Å². The second kappa shape index (κ2) is 8.30. The number of amides is 1. The molecule has 0 saturated heterocycles. The molecular weight excluding hydrogens is 336 g/mol. The Kier molecular flexibility index (Phi) is 6.14. The van der Waals surface area contributed by atoms with E-state index in [2.05, 4.69) is 10.3 Å². The van der Waals surface area contributed by atoms with E-state index < -0.39 is 5.97 Å². The molecule has 1 amide bonds. The van der Waals surface area contributed by atoms with Crippen LogP contribution in [-0.2, 0) is 11.3 Å². The summed E-state index contributed by atoms with van der Waals surface area (Å²) in [5.74, 6) is -0.651. The van der Waals surface area contributed by atoms with Gasteiger partial charge in [-0.1, -0.05) is 16.8 Å². The summed E-state index contributed by atoms with van der Waals surface area (Å²) in [4.78, 5) is 24.3. The van der Waals surface area contributed by atoms with Crippen molar-refractivity contribution in [2.24, 2.45) is 0 Å². The van der Waals surface area contributed by atoms with Gasteiger partial charge in [-0.05, 0) is 30.7 Å². The maximum Gasteiger partial charge on any atom is 0.358 e. The second-order valence-electron chi connectivity index (χ2n) is 5.08. The second-order valence-corrected chi connectivity index (χ2v) is 5.51. The van der Waals surface area contributed by atoms with Crippen LogP contribution in [-0.4, -0.2) is 57.1 Å². The maximum atomic E-state index is 12.0. The molecule has 0 radical (unpaired) electrons. The van der Waals surface area contributed by atoms with Gasteiger partial charge in [0.25, 0.3) is 0 Å². The fourth-order valence-electron chi connectivity index (χ4n) is 1.88. The number of hydrogen-bond acceptors (Lipinski definition) is 5. The van der Waals surface area contributed by atoms with E-state index in [9.17, 15) is 9.59 Å². The summed E-state index contributed by atoms with van der Waals surface area (Å²) < 4.78 is 6.75. The first-order valence-electron chi connectivity index (χ1n) is 7.21. The number of carbonyl (C=O) groups is 2. The number of rotatable bonds is 8. The summed E-state index contributed by atoms with van der Waals surface area (Å²) in [7, 11) is 1.67. The molecule has 2 aromatic rings. The normalized spacial score (nSPS) is 10.4. The van der Waals surface area contributed by atoms with E-state index >= 15 is 0 Å². The number of ether oxygens (including phenoxy) is 1. The number of nitrogens with zero attached hydrogens (tertiary/aromatic N) is 4. The highest BCUT2D eigenvalue weighted by Crippen LogP contribution is 2.15. The zero-order valence-corrected chi connectivity index (χ0v) is 13.8. The number of carboxylic acid groups (broad SMARTS) is 1. The van der Waals surface area contributed by atoms with Crippen LogP contribution < -0.4 is 4.74 Å². The van der Waals surface area contributed by atoms with Crippen LogP contribution in [0.1, 0.15) is 16.9 Å². The van der Waals surface area contributed by atoms with E-state index in [1.165, 1.54) is 15.8 Å². The number of likely N-dealkylation sites (N-methyl/N-ethyl adjacent to an activating group) is 1. The maximum absolute atomic E-state index is 12.0. The Bertz CT molecular complexity index is 702. The summed E-state index contributed by atoms with van der Waals surface area (Å²) in [6, 6.07) is 7.05. The van der Waals surface area contributed by atoms with Crippen molar-refractivity contribution in [3.63, 3.8) is 0 Å². The van der Waals surface area contributed by atoms with Gasteiger partial charge in [0.2, 0.25) is 5.91 Å². The summed E-state index contributed by atoms with van der Waals surface area (Å²) >= 11 is 5.79. The Hall–Kier alpha value is -2.61. The summed E-state index contributed by atoms with van der Waals surface area (Å²) in [6.45, 7) is 0.910. The average molecular weight is 353 g/mol. The van der Waals surface area contributed by atoms with E-state index in [0.717, 1.165) is 5.75 Å². The number of hydrogen-bond donors (Lipinski definition) is 1. The molecule has 1 N–H and O–H groups in total. The van der Waals surface area contributed by atoms with E-state index in [-0.39, 0.29) is 18.1 Å². The third-order valence-electron chi connectivity index (χ3n) is 3.20. The summed E-state index contributed by atoms with van der Waals surface area (Å²) in [5.41, 5.74) is -0.193. The molecule has 0 aliphatic rings. The van der Waals surface area contributed by atoms with Crippen molar-refractivity contribution < 1.29 is 19.4 Å². The van der Waals surface area contributed by atoms with Crippen LogP contribution in [0.5, 0.6) is 5.75 Å². The molecule has 0 atom stereocenters. The van der Waals surface area contributed by atoms with Crippen LogP contribution in [0, 0.1) is 0 Å². The van der Waals surface area contributed by atoms with Gasteiger partial charge >= 0.3 is 5.97 Å². The summed E-state index contributed by atoms with van der Waals surface area (Å²) in [6.07, 6.45) is 1.88. The SMILES string of the molecule is CN(CCCOc1ccc(Cl)cc1)C(=O)Cn1cc(C(=O)O)nn1. The van der Waals surface area contributed by atoms with Gasteiger partial charge in [0.15, 0.2) is 5.69 Å². The number of benzene rings is 1. The van der Waals surface area contributed by atoms with Gasteiger partial charge in [-0.2, -0.15) is 0 Å². The van der Waals surface area contributed by atoms with Crippen molar-refractivity contribution in [3.05, 3.63) is 41.2 Å². The lowest BCUT2D eigenvalue weighted by Gasteiger charge is -2.17. The van der Waals surface area contributed by atoms with Crippen LogP contribution in [0.2, 0.25) is 5.02 Å². The first kappa shape index (κ1) is 17.7. The van der Waals surface area contributed by atoms with Crippen molar-refractivity contribution >= 4 is 23.5 Å². The Morgan fingerprint density at radius 1 is 1.33 bits per heavy atom. The Balaban J connectivity index is 1.71. The molecule has 0 unspecified atom stereocenters. The van der Waals surface area contributed by atoms with E-state index in [0.29, 0.717) is 24.6 Å². The molecule has 0 aliphatic heterocycles. The molecule has 0 spiro atoms.